The molecule has 168 valence electrons. The molecule has 2 aromatic rings. The van der Waals surface area contributed by atoms with Crippen LogP contribution >= 0.6 is 11.6 Å². The van der Waals surface area contributed by atoms with Gasteiger partial charge in [-0.25, -0.2) is 26.0 Å². The Hall–Kier alpha value is -2.17. The molecule has 1 atom stereocenters. The number of halogens is 5. The summed E-state index contributed by atoms with van der Waals surface area (Å²) >= 11 is 5.81. The number of nitrogens with one attached hydrogen (secondary N) is 1. The van der Waals surface area contributed by atoms with Crippen molar-refractivity contribution in [2.45, 2.75) is 42.7 Å². The second-order valence-electron chi connectivity index (χ2n) is 7.16. The van der Waals surface area contributed by atoms with Crippen LogP contribution in [-0.4, -0.2) is 37.1 Å². The second kappa shape index (κ2) is 9.13. The van der Waals surface area contributed by atoms with Crippen molar-refractivity contribution in [3.63, 3.8) is 0 Å². The highest BCUT2D eigenvalue weighted by molar-refractivity contribution is 7.89. The van der Waals surface area contributed by atoms with Crippen molar-refractivity contribution >= 4 is 27.5 Å². The minimum absolute atomic E-state index is 0.235. The number of amides is 1. The Morgan fingerprint density at radius 1 is 1.10 bits per heavy atom. The molecule has 0 spiro atoms. The van der Waals surface area contributed by atoms with Gasteiger partial charge in [0.15, 0.2) is 0 Å². The standard InChI is InChI=1S/C20H19ClF4N2O3S/c21-15-5-7-16(8-6-15)31(29,30)27(12-13-1-3-14(4-2-13)18(22)23)17-11-20(24,25)9-10-26-19(17)28/h1-8,17-18H,9-12H2,(H,26,28)/t17-/m1/s1. The Balaban J connectivity index is 2.04. The van der Waals surface area contributed by atoms with Crippen LogP contribution in [0.4, 0.5) is 17.6 Å². The molecule has 3 rings (SSSR count). The Morgan fingerprint density at radius 2 is 1.71 bits per heavy atom. The van der Waals surface area contributed by atoms with Crippen LogP contribution in [0.15, 0.2) is 53.4 Å². The summed E-state index contributed by atoms with van der Waals surface area (Å²) in [7, 11) is -4.41. The first-order chi connectivity index (χ1) is 14.5. The zero-order chi connectivity index (χ0) is 22.8. The van der Waals surface area contributed by atoms with E-state index in [0.29, 0.717) is 4.31 Å². The summed E-state index contributed by atoms with van der Waals surface area (Å²) in [4.78, 5) is 12.3. The van der Waals surface area contributed by atoms with E-state index in [1.807, 2.05) is 0 Å². The van der Waals surface area contributed by atoms with Gasteiger partial charge in [-0.05, 0) is 29.8 Å². The van der Waals surface area contributed by atoms with E-state index in [9.17, 15) is 30.8 Å². The maximum atomic E-state index is 14.3. The highest BCUT2D eigenvalue weighted by atomic mass is 35.5. The molecule has 0 aliphatic carbocycles. The lowest BCUT2D eigenvalue weighted by Gasteiger charge is -2.30. The summed E-state index contributed by atoms with van der Waals surface area (Å²) in [5, 5.41) is 2.60. The molecule has 0 aromatic heterocycles. The molecule has 0 bridgehead atoms. The largest absolute Gasteiger partial charge is 0.354 e. The molecule has 0 saturated carbocycles. The first kappa shape index (κ1) is 23.5. The summed E-state index contributed by atoms with van der Waals surface area (Å²) in [6.07, 6.45) is -4.33. The fraction of sp³-hybridized carbons (Fsp3) is 0.350. The first-order valence-electron chi connectivity index (χ1n) is 9.29. The van der Waals surface area contributed by atoms with E-state index in [2.05, 4.69) is 5.32 Å². The van der Waals surface area contributed by atoms with Crippen LogP contribution in [0.1, 0.15) is 30.4 Å². The van der Waals surface area contributed by atoms with E-state index in [4.69, 9.17) is 11.6 Å². The minimum Gasteiger partial charge on any atom is -0.354 e. The lowest BCUT2D eigenvalue weighted by Crippen LogP contribution is -2.49. The maximum Gasteiger partial charge on any atom is 0.263 e. The summed E-state index contributed by atoms with van der Waals surface area (Å²) in [6.45, 7) is -0.747. The first-order valence-corrected chi connectivity index (χ1v) is 11.1. The van der Waals surface area contributed by atoms with E-state index < -0.39 is 53.7 Å². The summed E-state index contributed by atoms with van der Waals surface area (Å²) < 4.78 is 81.5. The smallest absolute Gasteiger partial charge is 0.263 e. The fourth-order valence-corrected chi connectivity index (χ4v) is 4.95. The lowest BCUT2D eigenvalue weighted by atomic mass is 10.1. The van der Waals surface area contributed by atoms with Crippen LogP contribution in [0.2, 0.25) is 5.02 Å². The molecule has 1 fully saturated rings. The average molecular weight is 479 g/mol. The molecule has 31 heavy (non-hydrogen) atoms. The SMILES string of the molecule is O=C1NCCC(F)(F)C[C@H]1N(Cc1ccc(C(F)F)cc1)S(=O)(=O)c1ccc(Cl)cc1. The third-order valence-electron chi connectivity index (χ3n) is 4.92. The van der Waals surface area contributed by atoms with Crippen molar-refractivity contribution in [3.8, 4) is 0 Å². The molecule has 1 aliphatic heterocycles. The number of nitrogens with zero attached hydrogens (tertiary/aromatic N) is 1. The van der Waals surface area contributed by atoms with E-state index in [0.717, 1.165) is 12.1 Å². The Morgan fingerprint density at radius 3 is 2.29 bits per heavy atom. The second-order valence-corrected chi connectivity index (χ2v) is 9.49. The van der Waals surface area contributed by atoms with E-state index >= 15 is 0 Å². The number of rotatable bonds is 6. The van der Waals surface area contributed by atoms with Gasteiger partial charge in [0, 0.05) is 36.5 Å². The summed E-state index contributed by atoms with van der Waals surface area (Å²) in [6, 6.07) is 8.17. The molecule has 1 heterocycles. The molecule has 0 unspecified atom stereocenters. The van der Waals surface area contributed by atoms with Gasteiger partial charge in [-0.1, -0.05) is 35.9 Å². The van der Waals surface area contributed by atoms with Gasteiger partial charge in [0.1, 0.15) is 6.04 Å². The molecule has 5 nitrogen and oxygen atoms in total. The molecule has 11 heteroatoms. The van der Waals surface area contributed by atoms with Crippen LogP contribution < -0.4 is 5.32 Å². The molecular weight excluding hydrogens is 460 g/mol. The number of carbonyl (C=O) groups excluding carboxylic acids is 1. The zero-order valence-corrected chi connectivity index (χ0v) is 17.6. The summed E-state index contributed by atoms with van der Waals surface area (Å²) in [5.74, 6) is -4.11. The van der Waals surface area contributed by atoms with Crippen molar-refractivity contribution in [2.75, 3.05) is 6.54 Å². The van der Waals surface area contributed by atoms with Gasteiger partial charge >= 0.3 is 0 Å². The number of hydrogen-bond acceptors (Lipinski definition) is 3. The Bertz CT molecular complexity index is 1030. The third kappa shape index (κ3) is 5.55. The van der Waals surface area contributed by atoms with Crippen molar-refractivity contribution in [1.29, 1.82) is 0 Å². The maximum absolute atomic E-state index is 14.3. The number of benzene rings is 2. The number of alkyl halides is 4. The molecule has 2 aromatic carbocycles. The van der Waals surface area contributed by atoms with Gasteiger partial charge in [0.2, 0.25) is 15.9 Å². The van der Waals surface area contributed by atoms with Crippen molar-refractivity contribution in [2.24, 2.45) is 0 Å². The highest BCUT2D eigenvalue weighted by Crippen LogP contribution is 2.32. The highest BCUT2D eigenvalue weighted by Gasteiger charge is 2.45. The predicted octanol–water partition coefficient (Wildman–Crippen LogP) is 4.38. The molecule has 1 amide bonds. The molecule has 1 saturated heterocycles. The molecule has 0 radical (unpaired) electrons. The fourth-order valence-electron chi connectivity index (χ4n) is 3.25. The Kier molecular flexibility index (Phi) is 6.92. The topological polar surface area (TPSA) is 66.5 Å². The van der Waals surface area contributed by atoms with Crippen molar-refractivity contribution in [1.82, 2.24) is 9.62 Å². The minimum atomic E-state index is -4.41. The van der Waals surface area contributed by atoms with Gasteiger partial charge in [-0.3, -0.25) is 4.79 Å². The average Bonchev–Trinajstić information content (AvgIpc) is 2.84. The molecule has 1 N–H and O–H groups in total. The van der Waals surface area contributed by atoms with E-state index in [1.54, 1.807) is 0 Å². The van der Waals surface area contributed by atoms with E-state index in [1.165, 1.54) is 36.4 Å². The zero-order valence-electron chi connectivity index (χ0n) is 16.1. The van der Waals surface area contributed by atoms with Crippen molar-refractivity contribution < 1.29 is 30.8 Å². The van der Waals surface area contributed by atoms with Crippen LogP contribution in [0.25, 0.3) is 0 Å². The van der Waals surface area contributed by atoms with Gasteiger partial charge in [-0.2, -0.15) is 4.31 Å². The van der Waals surface area contributed by atoms with Gasteiger partial charge in [0.05, 0.1) is 4.90 Å². The van der Waals surface area contributed by atoms with Crippen LogP contribution in [-0.2, 0) is 21.4 Å². The predicted molar refractivity (Wildman–Crippen MR) is 107 cm³/mol. The van der Waals surface area contributed by atoms with Gasteiger partial charge in [-0.15, -0.1) is 0 Å². The number of carbonyl (C=O) groups is 1. The van der Waals surface area contributed by atoms with Crippen LogP contribution in [0.3, 0.4) is 0 Å². The van der Waals surface area contributed by atoms with Crippen LogP contribution in [0, 0.1) is 0 Å². The summed E-state index contributed by atoms with van der Waals surface area (Å²) in [5.41, 5.74) is -0.00287. The van der Waals surface area contributed by atoms with Crippen molar-refractivity contribution in [3.05, 3.63) is 64.7 Å². The van der Waals surface area contributed by atoms with Crippen LogP contribution in [0.5, 0.6) is 0 Å². The number of hydrogen-bond donors (Lipinski definition) is 1. The monoisotopic (exact) mass is 478 g/mol. The molecular formula is C20H19ClF4N2O3S. The van der Waals surface area contributed by atoms with Gasteiger partial charge in [0.25, 0.3) is 12.3 Å². The number of sulfonamides is 1. The Labute approximate surface area is 182 Å². The normalized spacial score (nSPS) is 19.3. The van der Waals surface area contributed by atoms with Gasteiger partial charge < -0.3 is 5.32 Å². The quantitative estimate of drug-likeness (QED) is 0.626. The van der Waals surface area contributed by atoms with E-state index in [-0.39, 0.29) is 27.6 Å². The lowest BCUT2D eigenvalue weighted by molar-refractivity contribution is -0.126. The third-order valence-corrected chi connectivity index (χ3v) is 7.04. The molecule has 1 aliphatic rings.